The molecule has 230 valence electrons. The molecule has 2 amide bonds. The fourth-order valence-electron chi connectivity index (χ4n) is 6.56. The summed E-state index contributed by atoms with van der Waals surface area (Å²) in [4.78, 5) is 49.5. The predicted octanol–water partition coefficient (Wildman–Crippen LogP) is 6.59. The smallest absolute Gasteiger partial charge is 0.257 e. The first-order valence-corrected chi connectivity index (χ1v) is 15.7. The number of nitrogens with one attached hydrogen (secondary N) is 2. The average molecular weight is 630 g/mol. The Morgan fingerprint density at radius 1 is 1.00 bits per heavy atom. The molecule has 1 fully saturated rings. The standard InChI is InChI=1S/C37H32ClN5O3/c1-2-34(44)40-32-21-33-26(18-30(32)38)19-35(45)43(33)27-13-16-42(17-14-27)22-23-8-10-25(11-9-23)36-28(24-6-4-3-5-7-24)20-29-31(41-36)12-15-39-37(29)46/h2-12,15,18,20-21,27H,1,13-14,16-17,19,22H2,(H,39,46)(H,40,44). The van der Waals surface area contributed by atoms with E-state index in [4.69, 9.17) is 16.6 Å². The van der Waals surface area contributed by atoms with Crippen molar-refractivity contribution in [2.45, 2.75) is 31.8 Å². The summed E-state index contributed by atoms with van der Waals surface area (Å²) in [5.74, 6) is -0.282. The van der Waals surface area contributed by atoms with Gasteiger partial charge < -0.3 is 15.2 Å². The van der Waals surface area contributed by atoms with Gasteiger partial charge in [0.15, 0.2) is 0 Å². The largest absolute Gasteiger partial charge is 0.328 e. The van der Waals surface area contributed by atoms with Crippen LogP contribution >= 0.6 is 11.6 Å². The summed E-state index contributed by atoms with van der Waals surface area (Å²) in [5.41, 5.74) is 7.62. The minimum atomic E-state index is -0.346. The molecule has 0 unspecified atom stereocenters. The molecule has 0 radical (unpaired) electrons. The van der Waals surface area contributed by atoms with Crippen LogP contribution in [0.4, 0.5) is 11.4 Å². The molecule has 2 aliphatic rings. The van der Waals surface area contributed by atoms with Gasteiger partial charge in [0.05, 0.1) is 33.7 Å². The van der Waals surface area contributed by atoms with E-state index in [1.54, 1.807) is 12.3 Å². The van der Waals surface area contributed by atoms with E-state index in [0.29, 0.717) is 28.0 Å². The third kappa shape index (κ3) is 5.73. The molecule has 46 heavy (non-hydrogen) atoms. The van der Waals surface area contributed by atoms with E-state index < -0.39 is 0 Å². The van der Waals surface area contributed by atoms with Crippen LogP contribution in [0.1, 0.15) is 24.0 Å². The van der Waals surface area contributed by atoms with Crippen molar-refractivity contribution in [2.75, 3.05) is 23.3 Å². The Bertz CT molecular complexity index is 2030. The zero-order chi connectivity index (χ0) is 31.8. The van der Waals surface area contributed by atoms with Crippen molar-refractivity contribution in [2.24, 2.45) is 0 Å². The average Bonchev–Trinajstić information content (AvgIpc) is 3.39. The molecule has 0 atom stereocenters. The van der Waals surface area contributed by atoms with E-state index in [-0.39, 0.29) is 23.4 Å². The number of benzene rings is 3. The third-order valence-electron chi connectivity index (χ3n) is 8.87. The number of likely N-dealkylation sites (tertiary alicyclic amines) is 1. The summed E-state index contributed by atoms with van der Waals surface area (Å²) in [6, 6.07) is 25.9. The fraction of sp³-hybridized carbons (Fsp3) is 0.189. The number of piperidine rings is 1. The van der Waals surface area contributed by atoms with Gasteiger partial charge in [-0.15, -0.1) is 0 Å². The van der Waals surface area contributed by atoms with Crippen molar-refractivity contribution in [1.82, 2.24) is 14.9 Å². The van der Waals surface area contributed by atoms with Crippen LogP contribution in [0.25, 0.3) is 33.3 Å². The minimum Gasteiger partial charge on any atom is -0.328 e. The van der Waals surface area contributed by atoms with Gasteiger partial charge in [0, 0.05) is 48.7 Å². The Morgan fingerprint density at radius 3 is 2.50 bits per heavy atom. The summed E-state index contributed by atoms with van der Waals surface area (Å²) < 4.78 is 0. The number of aromatic nitrogens is 2. The third-order valence-corrected chi connectivity index (χ3v) is 9.19. The summed E-state index contributed by atoms with van der Waals surface area (Å²) in [7, 11) is 0. The highest BCUT2D eigenvalue weighted by Gasteiger charge is 2.35. The SMILES string of the molecule is C=CC(=O)Nc1cc2c(cc1Cl)CC(=O)N2C1CCN(Cc2ccc(-c3nc4cc[nH]c(=O)c4cc3-c3ccccc3)cc2)CC1. The van der Waals surface area contributed by atoms with E-state index in [0.717, 1.165) is 66.1 Å². The van der Waals surface area contributed by atoms with Gasteiger partial charge in [0.1, 0.15) is 0 Å². The monoisotopic (exact) mass is 629 g/mol. The lowest BCUT2D eigenvalue weighted by Gasteiger charge is -2.37. The molecule has 0 bridgehead atoms. The highest BCUT2D eigenvalue weighted by molar-refractivity contribution is 6.34. The van der Waals surface area contributed by atoms with Crippen molar-refractivity contribution in [1.29, 1.82) is 0 Å². The van der Waals surface area contributed by atoms with Crippen molar-refractivity contribution < 1.29 is 9.59 Å². The van der Waals surface area contributed by atoms with Gasteiger partial charge in [-0.1, -0.05) is 72.8 Å². The first-order valence-electron chi connectivity index (χ1n) is 15.4. The maximum Gasteiger partial charge on any atom is 0.257 e. The van der Waals surface area contributed by atoms with Gasteiger partial charge in [-0.2, -0.15) is 0 Å². The summed E-state index contributed by atoms with van der Waals surface area (Å²) in [5, 5.41) is 3.72. The highest BCUT2D eigenvalue weighted by Crippen LogP contribution is 2.39. The molecule has 0 spiro atoms. The number of aromatic amines is 1. The Morgan fingerprint density at radius 2 is 1.76 bits per heavy atom. The molecule has 3 aromatic carbocycles. The van der Waals surface area contributed by atoms with Gasteiger partial charge in [-0.05, 0) is 59.9 Å². The number of fused-ring (bicyclic) bond motifs is 2. The molecule has 7 rings (SSSR count). The number of H-pyrrole nitrogens is 1. The van der Waals surface area contributed by atoms with Gasteiger partial charge in [-0.25, -0.2) is 4.98 Å². The van der Waals surface area contributed by atoms with Crippen molar-refractivity contribution in [3.8, 4) is 22.4 Å². The van der Waals surface area contributed by atoms with Crippen LogP contribution in [-0.4, -0.2) is 45.8 Å². The number of carbonyl (C=O) groups is 2. The lowest BCUT2D eigenvalue weighted by Crippen LogP contribution is -2.46. The number of halogens is 1. The van der Waals surface area contributed by atoms with E-state index in [9.17, 15) is 14.4 Å². The molecule has 2 aromatic heterocycles. The summed E-state index contributed by atoms with van der Waals surface area (Å²) in [6.07, 6.45) is 4.83. The number of rotatable bonds is 7. The molecule has 2 aliphatic heterocycles. The summed E-state index contributed by atoms with van der Waals surface area (Å²) >= 11 is 6.39. The van der Waals surface area contributed by atoms with Crippen LogP contribution in [-0.2, 0) is 22.6 Å². The second-order valence-corrected chi connectivity index (χ2v) is 12.2. The Kier molecular flexibility index (Phi) is 7.98. The lowest BCUT2D eigenvalue weighted by atomic mass is 9.97. The van der Waals surface area contributed by atoms with Crippen LogP contribution in [0.2, 0.25) is 5.02 Å². The van der Waals surface area contributed by atoms with E-state index in [2.05, 4.69) is 46.0 Å². The van der Waals surface area contributed by atoms with E-state index >= 15 is 0 Å². The second-order valence-electron chi connectivity index (χ2n) is 11.8. The quantitative estimate of drug-likeness (QED) is 0.198. The normalized spacial score (nSPS) is 15.2. The van der Waals surface area contributed by atoms with Crippen LogP contribution < -0.4 is 15.8 Å². The highest BCUT2D eigenvalue weighted by atomic mass is 35.5. The molecular weight excluding hydrogens is 598 g/mol. The number of carbonyl (C=O) groups excluding carboxylic acids is 2. The Labute approximate surface area is 271 Å². The molecule has 0 saturated carbocycles. The lowest BCUT2D eigenvalue weighted by molar-refractivity contribution is -0.118. The van der Waals surface area contributed by atoms with Gasteiger partial charge >= 0.3 is 0 Å². The maximum absolute atomic E-state index is 13.1. The molecule has 9 heteroatoms. The number of nitrogens with zero attached hydrogens (tertiary/aromatic N) is 3. The van der Waals surface area contributed by atoms with Gasteiger partial charge in [0.25, 0.3) is 5.56 Å². The predicted molar refractivity (Wildman–Crippen MR) is 183 cm³/mol. The zero-order valence-electron chi connectivity index (χ0n) is 25.1. The number of hydrogen-bond acceptors (Lipinski definition) is 5. The number of pyridine rings is 2. The molecule has 8 nitrogen and oxygen atoms in total. The van der Waals surface area contributed by atoms with Crippen LogP contribution in [0, 0.1) is 0 Å². The Balaban J connectivity index is 1.06. The molecular formula is C37H32ClN5O3. The molecule has 4 heterocycles. The van der Waals surface area contributed by atoms with Crippen molar-refractivity contribution in [3.05, 3.63) is 124 Å². The van der Waals surface area contributed by atoms with Crippen LogP contribution in [0.15, 0.2) is 103 Å². The molecule has 1 saturated heterocycles. The fourth-order valence-corrected chi connectivity index (χ4v) is 6.79. The van der Waals surface area contributed by atoms with Crippen LogP contribution in [0.5, 0.6) is 0 Å². The number of hydrogen-bond donors (Lipinski definition) is 2. The summed E-state index contributed by atoms with van der Waals surface area (Å²) in [6.45, 7) is 6.03. The first kappa shape index (κ1) is 29.6. The molecule has 2 N–H and O–H groups in total. The second kappa shape index (κ2) is 12.4. The van der Waals surface area contributed by atoms with Gasteiger partial charge in [-0.3, -0.25) is 19.3 Å². The Hall–Kier alpha value is -5.05. The number of amides is 2. The van der Waals surface area contributed by atoms with Crippen molar-refractivity contribution >= 4 is 45.7 Å². The van der Waals surface area contributed by atoms with Gasteiger partial charge in [0.2, 0.25) is 11.8 Å². The number of anilines is 2. The van der Waals surface area contributed by atoms with E-state index in [1.165, 1.54) is 11.6 Å². The van der Waals surface area contributed by atoms with Crippen LogP contribution in [0.3, 0.4) is 0 Å². The first-order chi connectivity index (χ1) is 22.4. The molecule has 0 aliphatic carbocycles. The zero-order valence-corrected chi connectivity index (χ0v) is 25.9. The molecule has 5 aromatic rings. The topological polar surface area (TPSA) is 98.4 Å². The minimum absolute atomic E-state index is 0.0640. The van der Waals surface area contributed by atoms with Crippen molar-refractivity contribution in [3.63, 3.8) is 0 Å². The maximum atomic E-state index is 13.1. The van der Waals surface area contributed by atoms with E-state index in [1.807, 2.05) is 53.4 Å².